The molecule has 22 heavy (non-hydrogen) atoms. The van der Waals surface area contributed by atoms with Gasteiger partial charge in [0.15, 0.2) is 5.65 Å². The van der Waals surface area contributed by atoms with Crippen molar-refractivity contribution < 1.29 is 9.53 Å². The number of methoxy groups -OCH3 is 1. The van der Waals surface area contributed by atoms with Crippen molar-refractivity contribution in [3.05, 3.63) is 33.9 Å². The second-order valence-electron chi connectivity index (χ2n) is 4.81. The normalized spacial score (nSPS) is 12.3. The Morgan fingerprint density at radius 2 is 2.36 bits per heavy atom. The van der Waals surface area contributed by atoms with Crippen LogP contribution in [-0.2, 0) is 16.1 Å². The lowest BCUT2D eigenvalue weighted by molar-refractivity contribution is -0.146. The Morgan fingerprint density at radius 1 is 1.64 bits per heavy atom. The third-order valence-electron chi connectivity index (χ3n) is 3.53. The Bertz CT molecular complexity index is 786. The first-order valence-corrected chi connectivity index (χ1v) is 6.83. The van der Waals surface area contributed by atoms with Crippen LogP contribution >= 0.6 is 0 Å². The molecular weight excluding hydrogens is 286 g/mol. The van der Waals surface area contributed by atoms with E-state index in [4.69, 9.17) is 10.00 Å². The molecule has 0 aliphatic rings. The number of nitrogens with zero attached hydrogens (tertiary/aromatic N) is 4. The summed E-state index contributed by atoms with van der Waals surface area (Å²) < 4.78 is 5.95. The van der Waals surface area contributed by atoms with E-state index in [9.17, 15) is 9.59 Å². The number of esters is 1. The summed E-state index contributed by atoms with van der Waals surface area (Å²) in [4.78, 5) is 29.8. The lowest BCUT2D eigenvalue weighted by atomic mass is 10.2. The van der Waals surface area contributed by atoms with Gasteiger partial charge >= 0.3 is 5.97 Å². The molecule has 0 saturated heterocycles. The molecule has 8 heteroatoms. The molecule has 1 N–H and O–H groups in total. The van der Waals surface area contributed by atoms with E-state index in [1.807, 2.05) is 17.9 Å². The number of likely N-dealkylation sites (N-methyl/N-ethyl adjacent to an activating group) is 1. The van der Waals surface area contributed by atoms with Crippen LogP contribution in [0, 0.1) is 11.3 Å². The number of nitrogens with one attached hydrogen (secondary N) is 1. The van der Waals surface area contributed by atoms with E-state index in [-0.39, 0.29) is 17.2 Å². The average Bonchev–Trinajstić information content (AvgIpc) is 2.94. The first kappa shape index (κ1) is 15.7. The van der Waals surface area contributed by atoms with Crippen molar-refractivity contribution >= 4 is 11.6 Å². The number of H-pyrrole nitrogens is 1. The van der Waals surface area contributed by atoms with E-state index in [0.29, 0.717) is 24.3 Å². The van der Waals surface area contributed by atoms with E-state index in [0.717, 1.165) is 0 Å². The summed E-state index contributed by atoms with van der Waals surface area (Å²) in [7, 11) is 1.34. The van der Waals surface area contributed by atoms with E-state index in [1.165, 1.54) is 23.9 Å². The Morgan fingerprint density at radius 3 is 2.95 bits per heavy atom. The number of aromatic nitrogens is 3. The fraction of sp³-hybridized carbons (Fsp3) is 0.429. The molecule has 116 valence electrons. The highest BCUT2D eigenvalue weighted by Gasteiger charge is 2.21. The maximum atomic E-state index is 12.0. The number of nitriles is 1. The number of carbonyl (C=O) groups excluding carboxylic acids is 1. The molecule has 1 unspecified atom stereocenters. The predicted octanol–water partition coefficient (Wildman–Crippen LogP) is 0.278. The summed E-state index contributed by atoms with van der Waals surface area (Å²) in [5, 5.41) is 11.7. The van der Waals surface area contributed by atoms with Crippen molar-refractivity contribution in [2.24, 2.45) is 0 Å². The maximum Gasteiger partial charge on any atom is 0.322 e. The molecule has 0 fully saturated rings. The van der Waals surface area contributed by atoms with Crippen molar-refractivity contribution in [1.82, 2.24) is 19.5 Å². The van der Waals surface area contributed by atoms with Crippen LogP contribution < -0.4 is 5.56 Å². The summed E-state index contributed by atoms with van der Waals surface area (Å²) in [6.07, 6.45) is 1.43. The second kappa shape index (κ2) is 6.41. The summed E-state index contributed by atoms with van der Waals surface area (Å²) in [6, 6.07) is 2.92. The standard InChI is InChI=1S/C14H17N5O3/c1-4-18(9(2)14(21)22-3)8-11-5-12(20)19-13(17-11)10(6-15)7-16-19/h5,7,9,16H,4,8H2,1-3H3. The van der Waals surface area contributed by atoms with Crippen LogP contribution in [0.1, 0.15) is 25.1 Å². The van der Waals surface area contributed by atoms with Crippen LogP contribution in [-0.4, -0.2) is 45.2 Å². The Balaban J connectivity index is 2.36. The van der Waals surface area contributed by atoms with Crippen molar-refractivity contribution in [1.29, 1.82) is 5.26 Å². The van der Waals surface area contributed by atoms with Gasteiger partial charge in [0.2, 0.25) is 0 Å². The largest absolute Gasteiger partial charge is 0.468 e. The van der Waals surface area contributed by atoms with Gasteiger partial charge < -0.3 is 4.74 Å². The monoisotopic (exact) mass is 303 g/mol. The zero-order valence-corrected chi connectivity index (χ0v) is 12.7. The minimum atomic E-state index is -0.447. The zero-order chi connectivity index (χ0) is 16.3. The summed E-state index contributed by atoms with van der Waals surface area (Å²) >= 11 is 0. The van der Waals surface area contributed by atoms with E-state index < -0.39 is 6.04 Å². The molecule has 0 aromatic carbocycles. The van der Waals surface area contributed by atoms with Crippen molar-refractivity contribution in [2.45, 2.75) is 26.4 Å². The van der Waals surface area contributed by atoms with Gasteiger partial charge in [0.25, 0.3) is 5.56 Å². The lowest BCUT2D eigenvalue weighted by Crippen LogP contribution is -2.39. The van der Waals surface area contributed by atoms with Gasteiger partial charge in [-0.15, -0.1) is 0 Å². The number of fused-ring (bicyclic) bond motifs is 1. The van der Waals surface area contributed by atoms with E-state index in [2.05, 4.69) is 10.1 Å². The molecule has 0 amide bonds. The second-order valence-corrected chi connectivity index (χ2v) is 4.81. The van der Waals surface area contributed by atoms with Gasteiger partial charge in [0.05, 0.1) is 12.8 Å². The topological polar surface area (TPSA) is 103 Å². The van der Waals surface area contributed by atoms with Crippen molar-refractivity contribution in [3.8, 4) is 6.07 Å². The van der Waals surface area contributed by atoms with Gasteiger partial charge in [-0.05, 0) is 13.5 Å². The lowest BCUT2D eigenvalue weighted by Gasteiger charge is -2.25. The van der Waals surface area contributed by atoms with Crippen LogP contribution in [0.3, 0.4) is 0 Å². The molecule has 2 heterocycles. The third kappa shape index (κ3) is 2.84. The van der Waals surface area contributed by atoms with Gasteiger partial charge in [-0.1, -0.05) is 6.92 Å². The molecular formula is C14H17N5O3. The minimum absolute atomic E-state index is 0.284. The van der Waals surface area contributed by atoms with E-state index >= 15 is 0 Å². The highest BCUT2D eigenvalue weighted by atomic mass is 16.5. The number of ether oxygens (including phenoxy) is 1. The summed E-state index contributed by atoms with van der Waals surface area (Å²) in [5.41, 5.74) is 0.775. The Kier molecular flexibility index (Phi) is 4.58. The molecule has 0 radical (unpaired) electrons. The molecule has 0 aliphatic heterocycles. The zero-order valence-electron chi connectivity index (χ0n) is 12.7. The van der Waals surface area contributed by atoms with E-state index in [1.54, 1.807) is 6.92 Å². The highest BCUT2D eigenvalue weighted by molar-refractivity contribution is 5.75. The molecule has 1 atom stereocenters. The summed E-state index contributed by atoms with van der Waals surface area (Å²) in [5.74, 6) is -0.348. The summed E-state index contributed by atoms with van der Waals surface area (Å²) in [6.45, 7) is 4.55. The van der Waals surface area contributed by atoms with Crippen molar-refractivity contribution in [3.63, 3.8) is 0 Å². The molecule has 0 spiro atoms. The number of aromatic amines is 1. The van der Waals surface area contributed by atoms with Gasteiger partial charge in [0, 0.05) is 18.8 Å². The number of hydrogen-bond acceptors (Lipinski definition) is 6. The predicted molar refractivity (Wildman–Crippen MR) is 78.1 cm³/mol. The first-order chi connectivity index (χ1) is 10.5. The fourth-order valence-electron chi connectivity index (χ4n) is 2.24. The average molecular weight is 303 g/mol. The molecule has 2 rings (SSSR count). The molecule has 2 aromatic heterocycles. The third-order valence-corrected chi connectivity index (χ3v) is 3.53. The minimum Gasteiger partial charge on any atom is -0.468 e. The molecule has 8 nitrogen and oxygen atoms in total. The van der Waals surface area contributed by atoms with Crippen LogP contribution in [0.2, 0.25) is 0 Å². The van der Waals surface area contributed by atoms with Gasteiger partial charge in [-0.3, -0.25) is 19.6 Å². The SMILES string of the molecule is CCN(Cc1cc(=O)n2[nH]cc(C#N)c2n1)C(C)C(=O)OC. The quantitative estimate of drug-likeness (QED) is 0.796. The fourth-order valence-corrected chi connectivity index (χ4v) is 2.24. The molecule has 0 bridgehead atoms. The van der Waals surface area contributed by atoms with Crippen LogP contribution in [0.5, 0.6) is 0 Å². The van der Waals surface area contributed by atoms with Crippen LogP contribution in [0.15, 0.2) is 17.1 Å². The number of carbonyl (C=O) groups is 1. The Hall–Kier alpha value is -2.66. The highest BCUT2D eigenvalue weighted by Crippen LogP contribution is 2.09. The van der Waals surface area contributed by atoms with Gasteiger partial charge in [0.1, 0.15) is 17.7 Å². The van der Waals surface area contributed by atoms with Gasteiger partial charge in [-0.2, -0.15) is 5.26 Å². The smallest absolute Gasteiger partial charge is 0.322 e. The first-order valence-electron chi connectivity index (χ1n) is 6.83. The van der Waals surface area contributed by atoms with Crippen LogP contribution in [0.4, 0.5) is 0 Å². The maximum absolute atomic E-state index is 12.0. The number of rotatable bonds is 5. The molecule has 0 saturated carbocycles. The Labute approximate surface area is 126 Å². The van der Waals surface area contributed by atoms with Gasteiger partial charge in [-0.25, -0.2) is 9.50 Å². The van der Waals surface area contributed by atoms with Crippen LogP contribution in [0.25, 0.3) is 5.65 Å². The molecule has 2 aromatic rings. The van der Waals surface area contributed by atoms with Crippen molar-refractivity contribution in [2.75, 3.05) is 13.7 Å². The number of hydrogen-bond donors (Lipinski definition) is 1. The molecule has 0 aliphatic carbocycles.